The zero-order valence-electron chi connectivity index (χ0n) is 8.44. The predicted octanol–water partition coefficient (Wildman–Crippen LogP) is 1.77. The van der Waals surface area contributed by atoms with E-state index in [1.165, 1.54) is 32.1 Å². The second-order valence-corrected chi connectivity index (χ2v) is 3.82. The van der Waals surface area contributed by atoms with Crippen molar-refractivity contribution < 1.29 is 16.1 Å². The number of nitrogens with one attached hydrogen (secondary N) is 1. The summed E-state index contributed by atoms with van der Waals surface area (Å²) in [6, 6.07) is 0.441. The van der Waals surface area contributed by atoms with Crippen LogP contribution < -0.4 is 5.32 Å². The molecular weight excluding hydrogens is 186 g/mol. The van der Waals surface area contributed by atoms with Gasteiger partial charge in [-0.3, -0.25) is 4.79 Å². The Morgan fingerprint density at radius 3 is 2.14 bits per heavy atom. The van der Waals surface area contributed by atoms with Crippen molar-refractivity contribution in [1.29, 1.82) is 0 Å². The molecule has 0 amide bonds. The van der Waals surface area contributed by atoms with Crippen LogP contribution in [0.3, 0.4) is 0 Å². The van der Waals surface area contributed by atoms with Gasteiger partial charge in [-0.05, 0) is 12.8 Å². The summed E-state index contributed by atoms with van der Waals surface area (Å²) in [6.45, 7) is 0.116. The van der Waals surface area contributed by atoms with Crippen LogP contribution in [0.1, 0.15) is 44.9 Å². The first kappa shape index (κ1) is 13.3. The number of rotatable bonds is 3. The first-order valence-corrected chi connectivity index (χ1v) is 5.24. The number of hydrogen-bond donors (Lipinski definition) is 2. The Balaban J connectivity index is 0.00000169. The SMILES string of the molecule is O=C(O)CNC1CCCCCCC1.[Ne]. The minimum Gasteiger partial charge on any atom is -0.480 e. The fourth-order valence-corrected chi connectivity index (χ4v) is 1.89. The van der Waals surface area contributed by atoms with Crippen LogP contribution in [0.2, 0.25) is 0 Å². The molecule has 1 rings (SSSR count). The Morgan fingerprint density at radius 2 is 1.64 bits per heavy atom. The third kappa shape index (κ3) is 5.90. The van der Waals surface area contributed by atoms with Gasteiger partial charge in [-0.15, -0.1) is 0 Å². The van der Waals surface area contributed by atoms with E-state index in [4.69, 9.17) is 5.11 Å². The van der Waals surface area contributed by atoms with Gasteiger partial charge in [0.25, 0.3) is 0 Å². The molecule has 0 aromatic heterocycles. The second kappa shape index (κ2) is 7.72. The maximum atomic E-state index is 10.3. The maximum Gasteiger partial charge on any atom is 0.317 e. The molecule has 84 valence electrons. The average Bonchev–Trinajstić information content (AvgIpc) is 2.01. The van der Waals surface area contributed by atoms with Crippen molar-refractivity contribution in [3.63, 3.8) is 0 Å². The van der Waals surface area contributed by atoms with Crippen molar-refractivity contribution >= 4 is 5.97 Å². The normalized spacial score (nSPS) is 19.1. The van der Waals surface area contributed by atoms with Gasteiger partial charge in [0.1, 0.15) is 0 Å². The van der Waals surface area contributed by atoms with Gasteiger partial charge >= 0.3 is 5.97 Å². The molecular formula is C10H19NNeO2. The zero-order chi connectivity index (χ0) is 9.52. The standard InChI is InChI=1S/C10H19NO2.Ne/c12-10(13)8-11-9-6-4-2-1-3-5-7-9;/h9,11H,1-8H2,(H,12,13);. The molecule has 1 aliphatic rings. The van der Waals surface area contributed by atoms with E-state index in [0.717, 1.165) is 12.8 Å². The van der Waals surface area contributed by atoms with E-state index in [0.29, 0.717) is 6.04 Å². The van der Waals surface area contributed by atoms with E-state index in [1.807, 2.05) is 0 Å². The third-order valence-electron chi connectivity index (χ3n) is 2.65. The quantitative estimate of drug-likeness (QED) is 0.738. The first-order valence-electron chi connectivity index (χ1n) is 5.24. The molecule has 0 unspecified atom stereocenters. The van der Waals surface area contributed by atoms with E-state index in [2.05, 4.69) is 5.32 Å². The van der Waals surface area contributed by atoms with Gasteiger partial charge in [-0.1, -0.05) is 32.1 Å². The van der Waals surface area contributed by atoms with Crippen molar-refractivity contribution in [2.75, 3.05) is 6.54 Å². The predicted molar refractivity (Wildman–Crippen MR) is 51.7 cm³/mol. The van der Waals surface area contributed by atoms with Crippen molar-refractivity contribution in [2.24, 2.45) is 0 Å². The van der Waals surface area contributed by atoms with Gasteiger partial charge in [0.2, 0.25) is 0 Å². The molecule has 1 saturated carbocycles. The molecule has 14 heavy (non-hydrogen) atoms. The van der Waals surface area contributed by atoms with Gasteiger partial charge < -0.3 is 10.4 Å². The number of carboxylic acids is 1. The minimum absolute atomic E-state index is 0. The van der Waals surface area contributed by atoms with Crippen molar-refractivity contribution in [1.82, 2.24) is 5.32 Å². The number of carboxylic acid groups (broad SMARTS) is 1. The molecule has 0 atom stereocenters. The molecule has 0 spiro atoms. The Bertz CT molecular complexity index is 156. The van der Waals surface area contributed by atoms with E-state index >= 15 is 0 Å². The van der Waals surface area contributed by atoms with Crippen molar-refractivity contribution in [2.45, 2.75) is 51.0 Å². The summed E-state index contributed by atoms with van der Waals surface area (Å²) in [5.74, 6) is -0.748. The summed E-state index contributed by atoms with van der Waals surface area (Å²) in [7, 11) is 0. The van der Waals surface area contributed by atoms with E-state index in [1.54, 1.807) is 0 Å². The van der Waals surface area contributed by atoms with Crippen LogP contribution in [0.15, 0.2) is 0 Å². The van der Waals surface area contributed by atoms with Crippen LogP contribution in [-0.4, -0.2) is 23.7 Å². The molecule has 0 bridgehead atoms. The Kier molecular flexibility index (Phi) is 7.35. The fraction of sp³-hybridized carbons (Fsp3) is 0.900. The summed E-state index contributed by atoms with van der Waals surface area (Å²) in [5.41, 5.74) is 0. The average molecular weight is 205 g/mol. The molecule has 0 heterocycles. The Hall–Kier alpha value is -0.661. The summed E-state index contributed by atoms with van der Waals surface area (Å²) >= 11 is 0. The number of carbonyl (C=O) groups is 1. The molecule has 1 fully saturated rings. The van der Waals surface area contributed by atoms with Gasteiger partial charge in [-0.25, -0.2) is 0 Å². The number of hydrogen-bond acceptors (Lipinski definition) is 2. The van der Waals surface area contributed by atoms with Crippen LogP contribution in [-0.2, 0) is 4.79 Å². The van der Waals surface area contributed by atoms with E-state index in [9.17, 15) is 4.79 Å². The van der Waals surface area contributed by atoms with Crippen LogP contribution in [0, 0.1) is 6.15 Å². The molecule has 4 heteroatoms. The maximum absolute atomic E-state index is 10.3. The topological polar surface area (TPSA) is 49.3 Å². The summed E-state index contributed by atoms with van der Waals surface area (Å²) in [6.07, 6.45) is 8.76. The molecule has 3 nitrogen and oxygen atoms in total. The summed E-state index contributed by atoms with van der Waals surface area (Å²) in [4.78, 5) is 10.3. The third-order valence-corrected chi connectivity index (χ3v) is 2.65. The second-order valence-electron chi connectivity index (χ2n) is 3.82. The van der Waals surface area contributed by atoms with Gasteiger partial charge in [0.05, 0.1) is 6.54 Å². The molecule has 2 N–H and O–H groups in total. The van der Waals surface area contributed by atoms with Crippen LogP contribution in [0.5, 0.6) is 0 Å². The van der Waals surface area contributed by atoms with Gasteiger partial charge in [0.15, 0.2) is 0 Å². The van der Waals surface area contributed by atoms with Gasteiger partial charge in [-0.2, -0.15) is 0 Å². The Morgan fingerprint density at radius 1 is 1.14 bits per heavy atom. The van der Waals surface area contributed by atoms with E-state index < -0.39 is 5.97 Å². The fourth-order valence-electron chi connectivity index (χ4n) is 1.89. The van der Waals surface area contributed by atoms with Crippen LogP contribution >= 0.6 is 0 Å². The van der Waals surface area contributed by atoms with Gasteiger partial charge in [0, 0.05) is 12.2 Å². The van der Waals surface area contributed by atoms with Crippen molar-refractivity contribution in [3.8, 4) is 0 Å². The molecule has 0 aliphatic heterocycles. The molecule has 1 aliphatic carbocycles. The van der Waals surface area contributed by atoms with Crippen LogP contribution in [0.25, 0.3) is 0 Å². The first-order chi connectivity index (χ1) is 6.29. The molecule has 0 saturated heterocycles. The minimum atomic E-state index is -0.748. The molecule has 0 radical (unpaired) electrons. The summed E-state index contributed by atoms with van der Waals surface area (Å²) < 4.78 is 0. The monoisotopic (exact) mass is 205 g/mol. The molecule has 0 aromatic carbocycles. The van der Waals surface area contributed by atoms with Crippen molar-refractivity contribution in [3.05, 3.63) is 0 Å². The smallest absolute Gasteiger partial charge is 0.317 e. The number of aliphatic carboxylic acids is 1. The Labute approximate surface area is 85.7 Å². The molecule has 0 aromatic rings. The van der Waals surface area contributed by atoms with E-state index in [-0.39, 0.29) is 12.7 Å². The summed E-state index contributed by atoms with van der Waals surface area (Å²) in [5, 5.41) is 11.6. The largest absolute Gasteiger partial charge is 0.480 e. The van der Waals surface area contributed by atoms with Crippen LogP contribution in [0.4, 0.5) is 0 Å². The zero-order valence-corrected chi connectivity index (χ0v) is 8.44.